The van der Waals surface area contributed by atoms with Crippen LogP contribution in [0.1, 0.15) is 0 Å². The summed E-state index contributed by atoms with van der Waals surface area (Å²) < 4.78 is 13.1. The van der Waals surface area contributed by atoms with Crippen LogP contribution in [0.25, 0.3) is 0 Å². The van der Waals surface area contributed by atoms with E-state index < -0.39 is 11.4 Å². The van der Waals surface area contributed by atoms with E-state index in [9.17, 15) is 4.55 Å². The van der Waals surface area contributed by atoms with Gasteiger partial charge >= 0.3 is 0 Å². The fraction of sp³-hybridized carbons (Fsp3) is 0.250. The quantitative estimate of drug-likeness (QED) is 0.623. The summed E-state index contributed by atoms with van der Waals surface area (Å²) in [6.45, 7) is 0. The first-order chi connectivity index (χ1) is 5.22. The van der Waals surface area contributed by atoms with Gasteiger partial charge in [0.2, 0.25) is 0 Å². The van der Waals surface area contributed by atoms with E-state index in [1.54, 1.807) is 18.4 Å². The minimum atomic E-state index is -1.00. The first-order valence-corrected chi connectivity index (χ1v) is 4.47. The molecule has 11 heavy (non-hydrogen) atoms. The molecule has 0 spiro atoms. The van der Waals surface area contributed by atoms with Gasteiger partial charge in [0.05, 0.1) is 11.4 Å². The van der Waals surface area contributed by atoms with Crippen LogP contribution in [0.3, 0.4) is 0 Å². The second kappa shape index (κ2) is 3.76. The molecule has 3 heteroatoms. The lowest BCUT2D eigenvalue weighted by atomic mass is 10.4. The van der Waals surface area contributed by atoms with Gasteiger partial charge in [0.15, 0.2) is 4.90 Å². The lowest BCUT2D eigenvalue weighted by Crippen LogP contribution is -2.21. The molecule has 0 fully saturated rings. The van der Waals surface area contributed by atoms with Crippen molar-refractivity contribution >= 4 is 11.4 Å². The first-order valence-electron chi connectivity index (χ1n) is 3.36. The molecular weight excluding hydrogens is 158 g/mol. The SMILES string of the molecule is CN(C)[S+]([O-])c1ccccc1. The van der Waals surface area contributed by atoms with E-state index in [0.29, 0.717) is 0 Å². The van der Waals surface area contributed by atoms with Gasteiger partial charge in [-0.2, -0.15) is 0 Å². The van der Waals surface area contributed by atoms with Crippen LogP contribution in [0.5, 0.6) is 0 Å². The predicted octanol–water partition coefficient (Wildman–Crippen LogP) is 1.27. The molecule has 0 radical (unpaired) electrons. The van der Waals surface area contributed by atoms with E-state index in [4.69, 9.17) is 0 Å². The highest BCUT2D eigenvalue weighted by atomic mass is 32.2. The highest BCUT2D eigenvalue weighted by molar-refractivity contribution is 7.89. The number of hydrogen-bond donors (Lipinski definition) is 0. The Balaban J connectivity index is 2.77. The summed E-state index contributed by atoms with van der Waals surface area (Å²) in [7, 11) is 3.59. The summed E-state index contributed by atoms with van der Waals surface area (Å²) in [5, 5.41) is 0. The lowest BCUT2D eigenvalue weighted by Gasteiger charge is -2.14. The van der Waals surface area contributed by atoms with E-state index in [1.807, 2.05) is 30.3 Å². The summed E-state index contributed by atoms with van der Waals surface area (Å²) in [5.41, 5.74) is 0. The molecule has 0 N–H and O–H groups in total. The van der Waals surface area contributed by atoms with Crippen molar-refractivity contribution in [3.05, 3.63) is 30.3 Å². The standard InChI is InChI=1S/C8H11NOS/c1-9(2)11(10)8-6-4-3-5-7-8/h3-7H,1-2H3. The van der Waals surface area contributed by atoms with E-state index in [1.165, 1.54) is 0 Å². The molecule has 1 atom stereocenters. The van der Waals surface area contributed by atoms with Gasteiger partial charge < -0.3 is 4.55 Å². The average Bonchev–Trinajstić information content (AvgIpc) is 2.05. The van der Waals surface area contributed by atoms with Crippen LogP contribution >= 0.6 is 0 Å². The smallest absolute Gasteiger partial charge is 0.174 e. The first kappa shape index (κ1) is 8.59. The molecule has 1 rings (SSSR count). The summed E-state index contributed by atoms with van der Waals surface area (Å²) in [6, 6.07) is 9.40. The zero-order valence-electron chi connectivity index (χ0n) is 6.65. The van der Waals surface area contributed by atoms with Crippen LogP contribution in [-0.4, -0.2) is 23.0 Å². The molecule has 0 aromatic heterocycles. The van der Waals surface area contributed by atoms with Gasteiger partial charge in [-0.1, -0.05) is 18.2 Å². The minimum Gasteiger partial charge on any atom is -0.593 e. The lowest BCUT2D eigenvalue weighted by molar-refractivity contribution is 0.520. The zero-order valence-corrected chi connectivity index (χ0v) is 7.47. The second-order valence-corrected chi connectivity index (χ2v) is 4.07. The van der Waals surface area contributed by atoms with Crippen molar-refractivity contribution < 1.29 is 4.55 Å². The Morgan fingerprint density at radius 3 is 2.18 bits per heavy atom. The maximum absolute atomic E-state index is 11.4. The van der Waals surface area contributed by atoms with Crippen LogP contribution in [0.4, 0.5) is 0 Å². The Bertz CT molecular complexity index is 213. The van der Waals surface area contributed by atoms with Gasteiger partial charge in [-0.15, -0.1) is 4.31 Å². The molecule has 0 amide bonds. The number of rotatable bonds is 2. The van der Waals surface area contributed by atoms with Gasteiger partial charge in [-0.25, -0.2) is 0 Å². The molecule has 0 saturated heterocycles. The zero-order chi connectivity index (χ0) is 8.27. The molecule has 0 aliphatic heterocycles. The van der Waals surface area contributed by atoms with Crippen molar-refractivity contribution in [2.24, 2.45) is 0 Å². The monoisotopic (exact) mass is 169 g/mol. The molecule has 60 valence electrons. The van der Waals surface area contributed by atoms with Crippen molar-refractivity contribution in [3.63, 3.8) is 0 Å². The van der Waals surface area contributed by atoms with Gasteiger partial charge in [-0.05, 0) is 12.1 Å². The number of hydrogen-bond acceptors (Lipinski definition) is 2. The van der Waals surface area contributed by atoms with Crippen LogP contribution < -0.4 is 0 Å². The predicted molar refractivity (Wildman–Crippen MR) is 46.5 cm³/mol. The molecule has 0 saturated carbocycles. The van der Waals surface area contributed by atoms with E-state index >= 15 is 0 Å². The van der Waals surface area contributed by atoms with Gasteiger partial charge in [-0.3, -0.25) is 0 Å². The molecule has 1 aromatic rings. The fourth-order valence-electron chi connectivity index (χ4n) is 0.748. The van der Waals surface area contributed by atoms with Crippen molar-refractivity contribution in [2.45, 2.75) is 4.90 Å². The largest absolute Gasteiger partial charge is 0.593 e. The molecule has 0 aliphatic rings. The van der Waals surface area contributed by atoms with Crippen molar-refractivity contribution in [2.75, 3.05) is 14.1 Å². The van der Waals surface area contributed by atoms with Gasteiger partial charge in [0, 0.05) is 14.1 Å². The molecule has 1 aromatic carbocycles. The Morgan fingerprint density at radius 1 is 1.18 bits per heavy atom. The van der Waals surface area contributed by atoms with E-state index in [2.05, 4.69) is 0 Å². The maximum atomic E-state index is 11.4. The summed E-state index contributed by atoms with van der Waals surface area (Å²) in [5.74, 6) is 0. The fourth-order valence-corrected chi connectivity index (χ4v) is 1.56. The molecule has 0 aliphatic carbocycles. The molecule has 0 bridgehead atoms. The molecule has 0 heterocycles. The third-order valence-electron chi connectivity index (χ3n) is 1.28. The Hall–Kier alpha value is -0.510. The topological polar surface area (TPSA) is 26.3 Å². The maximum Gasteiger partial charge on any atom is 0.174 e. The number of nitrogens with zero attached hydrogens (tertiary/aromatic N) is 1. The van der Waals surface area contributed by atoms with E-state index in [0.717, 1.165) is 4.90 Å². The minimum absolute atomic E-state index is 0.845. The van der Waals surface area contributed by atoms with Crippen molar-refractivity contribution in [3.8, 4) is 0 Å². The van der Waals surface area contributed by atoms with Gasteiger partial charge in [0.1, 0.15) is 0 Å². The van der Waals surface area contributed by atoms with E-state index in [-0.39, 0.29) is 0 Å². The summed E-state index contributed by atoms with van der Waals surface area (Å²) in [4.78, 5) is 0.845. The van der Waals surface area contributed by atoms with Crippen LogP contribution in [0.15, 0.2) is 35.2 Å². The van der Waals surface area contributed by atoms with Gasteiger partial charge in [0.25, 0.3) is 0 Å². The third kappa shape index (κ3) is 2.22. The highest BCUT2D eigenvalue weighted by Gasteiger charge is 2.11. The average molecular weight is 169 g/mol. The Kier molecular flexibility index (Phi) is 2.93. The molecule has 1 unspecified atom stereocenters. The van der Waals surface area contributed by atoms with Crippen LogP contribution in [0, 0.1) is 0 Å². The Morgan fingerprint density at radius 2 is 1.73 bits per heavy atom. The molecule has 2 nitrogen and oxygen atoms in total. The summed E-state index contributed by atoms with van der Waals surface area (Å²) in [6.07, 6.45) is 0. The second-order valence-electron chi connectivity index (χ2n) is 2.37. The summed E-state index contributed by atoms with van der Waals surface area (Å²) >= 11 is -1.00. The highest BCUT2D eigenvalue weighted by Crippen LogP contribution is 2.10. The van der Waals surface area contributed by atoms with Crippen LogP contribution in [0.2, 0.25) is 0 Å². The normalized spacial score (nSPS) is 13.5. The van der Waals surface area contributed by atoms with Crippen LogP contribution in [-0.2, 0) is 11.4 Å². The number of benzene rings is 1. The Labute approximate surface area is 70.2 Å². The molecular formula is C8H11NOS. The van der Waals surface area contributed by atoms with Crippen molar-refractivity contribution in [1.29, 1.82) is 0 Å². The third-order valence-corrected chi connectivity index (χ3v) is 2.62. The van der Waals surface area contributed by atoms with Crippen molar-refractivity contribution in [1.82, 2.24) is 4.31 Å².